The number of benzene rings is 2. The minimum Gasteiger partial charge on any atom is -0.456 e. The van der Waals surface area contributed by atoms with Crippen molar-refractivity contribution in [2.45, 2.75) is 20.8 Å². The van der Waals surface area contributed by atoms with Crippen LogP contribution in [0.4, 0.5) is 0 Å². The van der Waals surface area contributed by atoms with Gasteiger partial charge < -0.3 is 13.6 Å². The monoisotopic (exact) mass is 459 g/mol. The fourth-order valence-electron chi connectivity index (χ4n) is 3.70. The van der Waals surface area contributed by atoms with Gasteiger partial charge in [-0.25, -0.2) is 9.97 Å². The molecule has 0 aliphatic rings. The minimum absolute atomic E-state index is 0.0754. The van der Waals surface area contributed by atoms with Gasteiger partial charge in [0.2, 0.25) is 16.7 Å². The Labute approximate surface area is 192 Å². The summed E-state index contributed by atoms with van der Waals surface area (Å²) in [5, 5.41) is 9.77. The van der Waals surface area contributed by atoms with Gasteiger partial charge in [0.05, 0.1) is 16.3 Å². The molecule has 33 heavy (non-hydrogen) atoms. The molecule has 0 saturated heterocycles. The summed E-state index contributed by atoms with van der Waals surface area (Å²) in [5.41, 5.74) is 2.33. The summed E-state index contributed by atoms with van der Waals surface area (Å²) in [4.78, 5) is 22.2. The van der Waals surface area contributed by atoms with Crippen molar-refractivity contribution < 1.29 is 13.6 Å². The molecule has 0 amide bonds. The Kier molecular flexibility index (Phi) is 4.98. The molecular weight excluding hydrogens is 442 g/mol. The van der Waals surface area contributed by atoms with E-state index in [2.05, 4.69) is 9.97 Å². The zero-order valence-electron chi connectivity index (χ0n) is 18.0. The lowest BCUT2D eigenvalue weighted by molar-refractivity contribution is 0.437. The highest BCUT2D eigenvalue weighted by Crippen LogP contribution is 2.31. The van der Waals surface area contributed by atoms with Crippen molar-refractivity contribution in [2.24, 2.45) is 0 Å². The van der Waals surface area contributed by atoms with Crippen molar-refractivity contribution in [3.05, 3.63) is 86.5 Å². The molecule has 5 rings (SSSR count). The van der Waals surface area contributed by atoms with E-state index >= 15 is 0 Å². The van der Waals surface area contributed by atoms with Crippen molar-refractivity contribution in [1.29, 1.82) is 5.41 Å². The predicted molar refractivity (Wildman–Crippen MR) is 125 cm³/mol. The first-order chi connectivity index (χ1) is 15.8. The van der Waals surface area contributed by atoms with Crippen LogP contribution in [0.3, 0.4) is 0 Å². The molecule has 0 fully saturated rings. The molecule has 0 radical (unpaired) electrons. The number of rotatable bonds is 3. The lowest BCUT2D eigenvalue weighted by atomic mass is 10.1. The summed E-state index contributed by atoms with van der Waals surface area (Å²) in [6, 6.07) is 13.5. The zero-order valence-corrected chi connectivity index (χ0v) is 18.8. The molecule has 3 aromatic heterocycles. The van der Waals surface area contributed by atoms with Crippen LogP contribution < -0.4 is 15.7 Å². The van der Waals surface area contributed by atoms with Gasteiger partial charge >= 0.3 is 0 Å². The summed E-state index contributed by atoms with van der Waals surface area (Å²) in [6.45, 7) is 5.38. The van der Waals surface area contributed by atoms with E-state index < -0.39 is 0 Å². The molecule has 7 nitrogen and oxygen atoms in total. The normalized spacial score (nSPS) is 11.3. The quantitative estimate of drug-likeness (QED) is 0.340. The van der Waals surface area contributed by atoms with E-state index in [9.17, 15) is 4.79 Å². The molecule has 164 valence electrons. The van der Waals surface area contributed by atoms with E-state index in [4.69, 9.17) is 30.6 Å². The lowest BCUT2D eigenvalue weighted by Gasteiger charge is -2.11. The number of fused-ring (bicyclic) bond motifs is 3. The van der Waals surface area contributed by atoms with Gasteiger partial charge in [0.1, 0.15) is 22.7 Å². The van der Waals surface area contributed by atoms with Gasteiger partial charge in [-0.05, 0) is 69.3 Å². The van der Waals surface area contributed by atoms with E-state index in [-0.39, 0.29) is 16.7 Å². The summed E-state index contributed by atoms with van der Waals surface area (Å²) >= 11 is 5.93. The van der Waals surface area contributed by atoms with E-state index in [0.29, 0.717) is 49.9 Å². The van der Waals surface area contributed by atoms with Crippen molar-refractivity contribution in [3.63, 3.8) is 0 Å². The maximum Gasteiger partial charge on any atom is 0.235 e. The molecular formula is C25H18ClN3O4. The third kappa shape index (κ3) is 3.76. The summed E-state index contributed by atoms with van der Waals surface area (Å²) in [5.74, 6) is 1.25. The van der Waals surface area contributed by atoms with Crippen molar-refractivity contribution >= 4 is 33.5 Å². The second-order valence-electron chi connectivity index (χ2n) is 7.69. The van der Waals surface area contributed by atoms with Gasteiger partial charge in [-0.3, -0.25) is 10.2 Å². The second kappa shape index (κ2) is 7.86. The van der Waals surface area contributed by atoms with E-state index in [1.165, 1.54) is 0 Å². The number of ether oxygens (including phenoxy) is 1. The van der Waals surface area contributed by atoms with E-state index in [0.717, 1.165) is 11.4 Å². The standard InChI is InChI=1S/C25H18ClN3O4/c1-12-10-13(2)29-25(28-12)19-11-18-20(33-24(19)27)9-8-17-21(30)22(14(3)31-23(17)18)32-16-6-4-15(26)5-7-16/h4-11,27H,1-3H3. The van der Waals surface area contributed by atoms with Crippen LogP contribution in [-0.4, -0.2) is 9.97 Å². The molecule has 3 heterocycles. The number of aromatic nitrogens is 2. The Bertz CT molecular complexity index is 1650. The van der Waals surface area contributed by atoms with Gasteiger partial charge in [0, 0.05) is 16.4 Å². The second-order valence-corrected chi connectivity index (χ2v) is 8.13. The minimum atomic E-state index is -0.315. The summed E-state index contributed by atoms with van der Waals surface area (Å²) < 4.78 is 17.6. The maximum atomic E-state index is 13.3. The van der Waals surface area contributed by atoms with Crippen molar-refractivity contribution in [2.75, 3.05) is 0 Å². The average Bonchev–Trinajstić information content (AvgIpc) is 2.76. The van der Waals surface area contributed by atoms with Crippen molar-refractivity contribution in [3.8, 4) is 22.9 Å². The molecule has 0 spiro atoms. The number of hydrogen-bond acceptors (Lipinski definition) is 7. The number of hydrogen-bond donors (Lipinski definition) is 1. The molecule has 0 aliphatic heterocycles. The lowest BCUT2D eigenvalue weighted by Crippen LogP contribution is -2.09. The molecule has 8 heteroatoms. The highest BCUT2D eigenvalue weighted by Gasteiger charge is 2.18. The molecule has 5 aromatic rings. The molecule has 1 N–H and O–H groups in total. The van der Waals surface area contributed by atoms with Gasteiger partial charge in [0.15, 0.2) is 5.82 Å². The van der Waals surface area contributed by atoms with Crippen LogP contribution in [0.1, 0.15) is 17.1 Å². The molecule has 2 aromatic carbocycles. The number of halogens is 1. The maximum absolute atomic E-state index is 13.3. The first-order valence-corrected chi connectivity index (χ1v) is 10.5. The highest BCUT2D eigenvalue weighted by atomic mass is 35.5. The number of nitrogens with one attached hydrogen (secondary N) is 1. The Morgan fingerprint density at radius 2 is 1.61 bits per heavy atom. The topological polar surface area (TPSA) is 102 Å². The van der Waals surface area contributed by atoms with Crippen LogP contribution >= 0.6 is 11.6 Å². The third-order valence-electron chi connectivity index (χ3n) is 5.18. The van der Waals surface area contributed by atoms with Gasteiger partial charge in [0.25, 0.3) is 0 Å². The van der Waals surface area contributed by atoms with Gasteiger partial charge in [-0.2, -0.15) is 0 Å². The first-order valence-electron chi connectivity index (χ1n) is 10.1. The largest absolute Gasteiger partial charge is 0.456 e. The summed E-state index contributed by atoms with van der Waals surface area (Å²) in [6.07, 6.45) is 0. The Morgan fingerprint density at radius 1 is 0.909 bits per heavy atom. The highest BCUT2D eigenvalue weighted by molar-refractivity contribution is 6.30. The molecule has 0 unspecified atom stereocenters. The van der Waals surface area contributed by atoms with E-state index in [1.807, 2.05) is 19.9 Å². The van der Waals surface area contributed by atoms with E-state index in [1.54, 1.807) is 49.4 Å². The fraction of sp³-hybridized carbons (Fsp3) is 0.120. The Balaban J connectivity index is 1.73. The van der Waals surface area contributed by atoms with Gasteiger partial charge in [-0.15, -0.1) is 0 Å². The molecule has 0 bridgehead atoms. The first kappa shape index (κ1) is 20.9. The SMILES string of the molecule is Cc1cc(C)nc(-c2cc3c(ccc4c(=O)c(Oc5ccc(Cl)cc5)c(C)oc43)oc2=N)n1. The Hall–Kier alpha value is -3.97. The fourth-order valence-corrected chi connectivity index (χ4v) is 3.83. The molecule has 0 atom stereocenters. The number of nitrogens with zero attached hydrogens (tertiary/aromatic N) is 2. The number of aryl methyl sites for hydroxylation is 3. The molecule has 0 aliphatic carbocycles. The van der Waals surface area contributed by atoms with Crippen LogP contribution in [-0.2, 0) is 0 Å². The van der Waals surface area contributed by atoms with Crippen LogP contribution in [0.15, 0.2) is 62.2 Å². The average molecular weight is 460 g/mol. The predicted octanol–water partition coefficient (Wildman–Crippen LogP) is 5.85. The zero-order chi connectivity index (χ0) is 23.3. The van der Waals surface area contributed by atoms with Crippen molar-refractivity contribution in [1.82, 2.24) is 9.97 Å². The van der Waals surface area contributed by atoms with Crippen LogP contribution in [0.5, 0.6) is 11.5 Å². The smallest absolute Gasteiger partial charge is 0.235 e. The van der Waals surface area contributed by atoms with Crippen LogP contribution in [0.2, 0.25) is 5.02 Å². The Morgan fingerprint density at radius 3 is 2.30 bits per heavy atom. The van der Waals surface area contributed by atoms with Crippen LogP contribution in [0.25, 0.3) is 33.3 Å². The third-order valence-corrected chi connectivity index (χ3v) is 5.44. The van der Waals surface area contributed by atoms with Crippen LogP contribution in [0, 0.1) is 26.2 Å². The van der Waals surface area contributed by atoms with Gasteiger partial charge in [-0.1, -0.05) is 11.6 Å². The summed E-state index contributed by atoms with van der Waals surface area (Å²) in [7, 11) is 0. The molecule has 0 saturated carbocycles.